The van der Waals surface area contributed by atoms with E-state index >= 15 is 0 Å². The van der Waals surface area contributed by atoms with Gasteiger partial charge in [-0.1, -0.05) is 24.3 Å². The number of benzene rings is 3. The average Bonchev–Trinajstić information content (AvgIpc) is 3.47. The summed E-state index contributed by atoms with van der Waals surface area (Å²) in [5, 5.41) is 2.14. The Morgan fingerprint density at radius 2 is 1.76 bits per heavy atom. The van der Waals surface area contributed by atoms with Crippen LogP contribution < -0.4 is 16.0 Å². The standard InChI is InChI=1S/C37H36N6O3/c1-41-35-28(14-26(17-32(35)46-2)37(45)43-19-25-9-11-29(43)34(25)38)40-36(41)31-16-24-8-7-23(15-30(24)42(31)18-20-3-4-20)22-6-5-21-10-12-33(44)39-27(21)13-22/h5-8,10,12-17,20,25,29,34H,3-4,9,11,18-19,38H2,1-2H3,(H,39,44). The highest BCUT2D eigenvalue weighted by molar-refractivity contribution is 6.01. The lowest BCUT2D eigenvalue weighted by Crippen LogP contribution is -2.41. The van der Waals surface area contributed by atoms with Gasteiger partial charge in [-0.05, 0) is 90.4 Å². The summed E-state index contributed by atoms with van der Waals surface area (Å²) in [6.07, 6.45) is 4.51. The normalized spacial score (nSPS) is 20.8. The number of ether oxygens (including phenoxy) is 1. The molecule has 2 bridgehead atoms. The number of nitrogens with one attached hydrogen (secondary N) is 1. The van der Waals surface area contributed by atoms with Crippen LogP contribution in [0, 0.1) is 11.8 Å². The highest BCUT2D eigenvalue weighted by Crippen LogP contribution is 2.41. The van der Waals surface area contributed by atoms with Crippen molar-refractivity contribution in [3.05, 3.63) is 82.6 Å². The molecular weight excluding hydrogens is 576 g/mol. The topological polar surface area (TPSA) is 111 Å². The van der Waals surface area contributed by atoms with Gasteiger partial charge >= 0.3 is 0 Å². The lowest BCUT2D eigenvalue weighted by atomic mass is 10.0. The van der Waals surface area contributed by atoms with E-state index in [1.54, 1.807) is 13.2 Å². The number of likely N-dealkylation sites (tertiary alicyclic amines) is 1. The third-order valence-corrected chi connectivity index (χ3v) is 10.6. The molecular formula is C37H36N6O3. The van der Waals surface area contributed by atoms with E-state index in [1.807, 2.05) is 42.3 Å². The number of aryl methyl sites for hydroxylation is 1. The highest BCUT2D eigenvalue weighted by atomic mass is 16.5. The SMILES string of the molecule is COc1cc(C(=O)N2CC3CCC2C3N)cc2nc(-c3cc4ccc(-c5ccc6ccc(=O)[nH]c6c5)cc4n3CC3CC3)n(C)c12. The Hall–Kier alpha value is -4.89. The van der Waals surface area contributed by atoms with Crippen LogP contribution in [-0.4, -0.2) is 55.6 Å². The number of methoxy groups -OCH3 is 1. The second kappa shape index (κ2) is 10.1. The number of nitrogens with zero attached hydrogens (tertiary/aromatic N) is 4. The van der Waals surface area contributed by atoms with Gasteiger partial charge in [-0.3, -0.25) is 9.59 Å². The monoisotopic (exact) mass is 612 g/mol. The summed E-state index contributed by atoms with van der Waals surface area (Å²) in [6.45, 7) is 1.63. The van der Waals surface area contributed by atoms with Crippen molar-refractivity contribution in [3.8, 4) is 28.4 Å². The molecule has 3 aromatic heterocycles. The predicted octanol–water partition coefficient (Wildman–Crippen LogP) is 5.68. The molecule has 3 unspecified atom stereocenters. The van der Waals surface area contributed by atoms with E-state index in [0.717, 1.165) is 81.4 Å². The van der Waals surface area contributed by atoms with E-state index in [4.69, 9.17) is 15.5 Å². The Morgan fingerprint density at radius 3 is 2.50 bits per heavy atom. The van der Waals surface area contributed by atoms with Gasteiger partial charge in [0.25, 0.3) is 5.91 Å². The van der Waals surface area contributed by atoms with E-state index in [1.165, 1.54) is 12.8 Å². The van der Waals surface area contributed by atoms with Gasteiger partial charge in [-0.2, -0.15) is 0 Å². The van der Waals surface area contributed by atoms with Gasteiger partial charge in [-0.25, -0.2) is 4.98 Å². The first-order valence-electron chi connectivity index (χ1n) is 16.2. The van der Waals surface area contributed by atoms with Crippen LogP contribution in [0.5, 0.6) is 5.75 Å². The van der Waals surface area contributed by atoms with Crippen LogP contribution in [0.1, 0.15) is 36.0 Å². The molecule has 232 valence electrons. The average molecular weight is 613 g/mol. The van der Waals surface area contributed by atoms with Crippen LogP contribution in [0.3, 0.4) is 0 Å². The number of amides is 1. The molecule has 1 saturated heterocycles. The molecule has 3 N–H and O–H groups in total. The number of fused-ring (bicyclic) bond motifs is 5. The van der Waals surface area contributed by atoms with Crippen LogP contribution in [0.2, 0.25) is 0 Å². The van der Waals surface area contributed by atoms with Crippen LogP contribution in [0.4, 0.5) is 0 Å². The van der Waals surface area contributed by atoms with Gasteiger partial charge in [0, 0.05) is 60.3 Å². The van der Waals surface area contributed by atoms with Gasteiger partial charge in [0.1, 0.15) is 11.3 Å². The molecule has 3 aliphatic rings. The number of H-pyrrole nitrogens is 1. The first kappa shape index (κ1) is 27.4. The Labute approximate surface area is 265 Å². The first-order valence-corrected chi connectivity index (χ1v) is 16.2. The van der Waals surface area contributed by atoms with Crippen molar-refractivity contribution in [2.45, 2.75) is 44.3 Å². The summed E-state index contributed by atoms with van der Waals surface area (Å²) in [7, 11) is 3.67. The number of rotatable bonds is 6. The van der Waals surface area contributed by atoms with Crippen LogP contribution in [0.25, 0.3) is 55.5 Å². The summed E-state index contributed by atoms with van der Waals surface area (Å²) in [6, 6.07) is 22.3. The second-order valence-electron chi connectivity index (χ2n) is 13.5. The molecule has 0 spiro atoms. The zero-order chi connectivity index (χ0) is 31.3. The molecule has 0 radical (unpaired) electrons. The van der Waals surface area contributed by atoms with Gasteiger partial charge in [0.15, 0.2) is 5.82 Å². The number of nitrogens with two attached hydrogens (primary N) is 1. The van der Waals surface area contributed by atoms with Crippen molar-refractivity contribution in [1.29, 1.82) is 0 Å². The van der Waals surface area contributed by atoms with Crippen molar-refractivity contribution in [2.24, 2.45) is 24.6 Å². The fourth-order valence-corrected chi connectivity index (χ4v) is 7.97. The smallest absolute Gasteiger partial charge is 0.254 e. The number of piperidine rings is 1. The van der Waals surface area contributed by atoms with Crippen LogP contribution in [-0.2, 0) is 13.6 Å². The molecule has 2 saturated carbocycles. The summed E-state index contributed by atoms with van der Waals surface area (Å²) in [5.41, 5.74) is 13.7. The number of aromatic nitrogens is 4. The Bertz CT molecular complexity index is 2270. The van der Waals surface area contributed by atoms with Crippen molar-refractivity contribution in [1.82, 2.24) is 24.0 Å². The Balaban J connectivity index is 1.15. The molecule has 6 aromatic rings. The molecule has 3 fully saturated rings. The third kappa shape index (κ3) is 4.21. The van der Waals surface area contributed by atoms with Crippen LogP contribution in [0.15, 0.2) is 71.5 Å². The lowest BCUT2D eigenvalue weighted by Gasteiger charge is -2.27. The van der Waals surface area contributed by atoms with Gasteiger partial charge in [0.05, 0.1) is 18.3 Å². The number of imidazole rings is 1. The molecule has 4 heterocycles. The number of carbonyl (C=O) groups is 1. The van der Waals surface area contributed by atoms with E-state index in [2.05, 4.69) is 44.5 Å². The summed E-state index contributed by atoms with van der Waals surface area (Å²) in [5.74, 6) is 2.50. The van der Waals surface area contributed by atoms with Crippen LogP contribution >= 0.6 is 0 Å². The summed E-state index contributed by atoms with van der Waals surface area (Å²) < 4.78 is 10.4. The molecule has 3 atom stereocenters. The second-order valence-corrected chi connectivity index (χ2v) is 13.5. The van der Waals surface area contributed by atoms with Crippen molar-refractivity contribution < 1.29 is 9.53 Å². The number of pyridine rings is 1. The number of hydrogen-bond acceptors (Lipinski definition) is 5. The van der Waals surface area contributed by atoms with Crippen molar-refractivity contribution >= 4 is 38.7 Å². The molecule has 9 heteroatoms. The van der Waals surface area contributed by atoms with Crippen molar-refractivity contribution in [2.75, 3.05) is 13.7 Å². The molecule has 1 amide bonds. The predicted molar refractivity (Wildman–Crippen MR) is 180 cm³/mol. The van der Waals surface area contributed by atoms with E-state index in [-0.39, 0.29) is 23.6 Å². The fourth-order valence-electron chi connectivity index (χ4n) is 7.97. The third-order valence-electron chi connectivity index (χ3n) is 10.6. The maximum absolute atomic E-state index is 13.8. The zero-order valence-electron chi connectivity index (χ0n) is 26.0. The fraction of sp³-hybridized carbons (Fsp3) is 0.324. The number of carbonyl (C=O) groups excluding carboxylic acids is 1. The van der Waals surface area contributed by atoms with E-state index in [9.17, 15) is 9.59 Å². The highest BCUT2D eigenvalue weighted by Gasteiger charge is 2.47. The molecule has 1 aliphatic heterocycles. The largest absolute Gasteiger partial charge is 0.494 e. The number of aromatic amines is 1. The molecule has 46 heavy (non-hydrogen) atoms. The first-order chi connectivity index (χ1) is 22.4. The number of hydrogen-bond donors (Lipinski definition) is 2. The maximum Gasteiger partial charge on any atom is 0.254 e. The Kier molecular flexibility index (Phi) is 5.99. The maximum atomic E-state index is 13.8. The minimum atomic E-state index is -0.106. The Morgan fingerprint density at radius 1 is 0.978 bits per heavy atom. The summed E-state index contributed by atoms with van der Waals surface area (Å²) in [4.78, 5) is 35.8. The van der Waals surface area contributed by atoms with Crippen molar-refractivity contribution in [3.63, 3.8) is 0 Å². The van der Waals surface area contributed by atoms with E-state index in [0.29, 0.717) is 23.1 Å². The molecule has 3 aromatic carbocycles. The quantitative estimate of drug-likeness (QED) is 0.251. The van der Waals surface area contributed by atoms with Gasteiger partial charge in [-0.15, -0.1) is 0 Å². The molecule has 9 nitrogen and oxygen atoms in total. The minimum absolute atomic E-state index is 0.00296. The zero-order valence-corrected chi connectivity index (χ0v) is 26.0. The lowest BCUT2D eigenvalue weighted by molar-refractivity contribution is 0.0700. The molecule has 9 rings (SSSR count). The van der Waals surface area contributed by atoms with Gasteiger partial charge in [0.2, 0.25) is 5.56 Å². The summed E-state index contributed by atoms with van der Waals surface area (Å²) >= 11 is 0. The van der Waals surface area contributed by atoms with E-state index < -0.39 is 0 Å². The van der Waals surface area contributed by atoms with Gasteiger partial charge < -0.3 is 29.5 Å². The molecule has 2 aliphatic carbocycles. The minimum Gasteiger partial charge on any atom is -0.494 e.